The lowest BCUT2D eigenvalue weighted by Gasteiger charge is -2.43. The number of likely N-dealkylation sites (tertiary alicyclic amines) is 1. The predicted octanol–water partition coefficient (Wildman–Crippen LogP) is 3.72. The fourth-order valence-corrected chi connectivity index (χ4v) is 5.02. The Labute approximate surface area is 188 Å². The van der Waals surface area contributed by atoms with Crippen LogP contribution in [0.4, 0.5) is 4.39 Å². The van der Waals surface area contributed by atoms with Crippen molar-refractivity contribution < 1.29 is 18.4 Å². The summed E-state index contributed by atoms with van der Waals surface area (Å²) in [6.07, 6.45) is 1.99. The number of carbonyl (C=O) groups is 1. The van der Waals surface area contributed by atoms with Crippen LogP contribution >= 0.6 is 0 Å². The smallest absolute Gasteiger partial charge is 0.240 e. The molecule has 8 heteroatoms. The van der Waals surface area contributed by atoms with Crippen molar-refractivity contribution in [1.82, 2.24) is 19.9 Å². The van der Waals surface area contributed by atoms with Crippen molar-refractivity contribution in [3.05, 3.63) is 36.0 Å². The highest BCUT2D eigenvalue weighted by Crippen LogP contribution is 2.29. The fourth-order valence-electron chi connectivity index (χ4n) is 5.02. The van der Waals surface area contributed by atoms with E-state index in [1.807, 2.05) is 4.90 Å². The number of morpholine rings is 1. The Bertz CT molecular complexity index is 923. The van der Waals surface area contributed by atoms with Gasteiger partial charge in [-0.15, -0.1) is 0 Å². The van der Waals surface area contributed by atoms with Crippen LogP contribution in [0.3, 0.4) is 0 Å². The standard InChI is InChI=1S/C24H33FN4O3/c1-15(2)21(29-12-16(3)31-17(4)13-29)24(30)28-10-6-8-19(14-28)23-26-22(27-32-23)18-7-5-9-20(25)11-18/h5,7,9,11,15-17,19,21H,6,8,10,12-14H2,1-4H3. The van der Waals surface area contributed by atoms with Gasteiger partial charge in [-0.1, -0.05) is 31.1 Å². The summed E-state index contributed by atoms with van der Waals surface area (Å²) >= 11 is 0. The molecule has 4 unspecified atom stereocenters. The van der Waals surface area contributed by atoms with Crippen molar-refractivity contribution >= 4 is 5.91 Å². The van der Waals surface area contributed by atoms with E-state index in [2.05, 4.69) is 42.7 Å². The van der Waals surface area contributed by atoms with Crippen LogP contribution in [-0.4, -0.2) is 70.3 Å². The second-order valence-electron chi connectivity index (χ2n) is 9.49. The number of hydrogen-bond acceptors (Lipinski definition) is 6. The monoisotopic (exact) mass is 444 g/mol. The van der Waals surface area contributed by atoms with Gasteiger partial charge in [0.25, 0.3) is 0 Å². The summed E-state index contributed by atoms with van der Waals surface area (Å²) in [5.74, 6) is 0.891. The first-order valence-electron chi connectivity index (χ1n) is 11.6. The van der Waals surface area contributed by atoms with Gasteiger partial charge in [0.15, 0.2) is 0 Å². The van der Waals surface area contributed by atoms with E-state index in [0.29, 0.717) is 23.8 Å². The third kappa shape index (κ3) is 5.02. The van der Waals surface area contributed by atoms with Gasteiger partial charge in [0, 0.05) is 31.7 Å². The van der Waals surface area contributed by atoms with E-state index in [-0.39, 0.29) is 41.8 Å². The SMILES string of the molecule is CC1CN(C(C(=O)N2CCCC(c3nc(-c4cccc(F)c4)no3)C2)C(C)C)CC(C)O1. The maximum absolute atomic E-state index is 13.6. The summed E-state index contributed by atoms with van der Waals surface area (Å²) in [6.45, 7) is 11.2. The van der Waals surface area contributed by atoms with Crippen molar-refractivity contribution in [2.24, 2.45) is 5.92 Å². The third-order valence-electron chi connectivity index (χ3n) is 6.33. The molecule has 1 aromatic heterocycles. The minimum absolute atomic E-state index is 0.0159. The molecule has 0 N–H and O–H groups in total. The van der Waals surface area contributed by atoms with Crippen molar-refractivity contribution in [2.45, 2.75) is 64.7 Å². The highest BCUT2D eigenvalue weighted by atomic mass is 19.1. The quantitative estimate of drug-likeness (QED) is 0.700. The first-order valence-corrected chi connectivity index (χ1v) is 11.6. The molecule has 1 amide bonds. The van der Waals surface area contributed by atoms with Crippen LogP contribution in [0.1, 0.15) is 52.3 Å². The van der Waals surface area contributed by atoms with Gasteiger partial charge in [0.2, 0.25) is 17.6 Å². The molecule has 32 heavy (non-hydrogen) atoms. The minimum atomic E-state index is -0.338. The molecule has 0 radical (unpaired) electrons. The average Bonchev–Trinajstić information content (AvgIpc) is 3.23. The summed E-state index contributed by atoms with van der Waals surface area (Å²) < 4.78 is 25.0. The number of piperidine rings is 1. The molecule has 2 aliphatic rings. The molecule has 3 heterocycles. The van der Waals surface area contributed by atoms with Crippen LogP contribution in [0.2, 0.25) is 0 Å². The minimum Gasteiger partial charge on any atom is -0.373 e. The third-order valence-corrected chi connectivity index (χ3v) is 6.33. The molecule has 2 aliphatic heterocycles. The maximum atomic E-state index is 13.6. The Hall–Kier alpha value is -2.32. The summed E-state index contributed by atoms with van der Waals surface area (Å²) in [5, 5.41) is 4.05. The van der Waals surface area contributed by atoms with Gasteiger partial charge < -0.3 is 14.2 Å². The molecule has 2 aromatic rings. The Balaban J connectivity index is 1.47. The molecule has 1 aromatic carbocycles. The number of nitrogens with zero attached hydrogens (tertiary/aromatic N) is 4. The number of rotatable bonds is 5. The molecule has 174 valence electrons. The van der Waals surface area contributed by atoms with E-state index >= 15 is 0 Å². The van der Waals surface area contributed by atoms with E-state index < -0.39 is 0 Å². The van der Waals surface area contributed by atoms with Gasteiger partial charge in [-0.25, -0.2) is 4.39 Å². The lowest BCUT2D eigenvalue weighted by atomic mass is 9.94. The molecule has 4 rings (SSSR count). The Kier molecular flexibility index (Phi) is 6.90. The molecule has 0 spiro atoms. The molecular weight excluding hydrogens is 411 g/mol. The Morgan fingerprint density at radius 3 is 2.62 bits per heavy atom. The first-order chi connectivity index (χ1) is 15.3. The Morgan fingerprint density at radius 1 is 1.19 bits per heavy atom. The van der Waals surface area contributed by atoms with E-state index in [1.54, 1.807) is 12.1 Å². The highest BCUT2D eigenvalue weighted by molar-refractivity contribution is 5.82. The zero-order valence-electron chi connectivity index (χ0n) is 19.3. The normalized spacial score (nSPS) is 25.8. The van der Waals surface area contributed by atoms with E-state index in [0.717, 1.165) is 32.5 Å². The van der Waals surface area contributed by atoms with Crippen LogP contribution in [0, 0.1) is 11.7 Å². The molecule has 7 nitrogen and oxygen atoms in total. The largest absolute Gasteiger partial charge is 0.373 e. The number of halogens is 1. The van der Waals surface area contributed by atoms with Crippen LogP contribution in [0.15, 0.2) is 28.8 Å². The van der Waals surface area contributed by atoms with Gasteiger partial charge in [-0.2, -0.15) is 4.98 Å². The second kappa shape index (κ2) is 9.67. The molecule has 4 atom stereocenters. The fraction of sp³-hybridized carbons (Fsp3) is 0.625. The number of aromatic nitrogens is 2. The summed E-state index contributed by atoms with van der Waals surface area (Å²) in [4.78, 5) is 22.4. The summed E-state index contributed by atoms with van der Waals surface area (Å²) in [7, 11) is 0. The van der Waals surface area contributed by atoms with Gasteiger partial charge in [0.1, 0.15) is 5.82 Å². The summed E-state index contributed by atoms with van der Waals surface area (Å²) in [6, 6.07) is 5.99. The van der Waals surface area contributed by atoms with Crippen molar-refractivity contribution in [3.8, 4) is 11.4 Å². The van der Waals surface area contributed by atoms with Gasteiger partial charge in [-0.05, 0) is 44.7 Å². The number of carbonyl (C=O) groups excluding carboxylic acids is 1. The molecule has 0 aliphatic carbocycles. The molecular formula is C24H33FN4O3. The second-order valence-corrected chi connectivity index (χ2v) is 9.49. The molecule has 2 saturated heterocycles. The van der Waals surface area contributed by atoms with Gasteiger partial charge in [0.05, 0.1) is 24.2 Å². The number of benzene rings is 1. The van der Waals surface area contributed by atoms with E-state index in [9.17, 15) is 9.18 Å². The molecule has 2 fully saturated rings. The highest BCUT2D eigenvalue weighted by Gasteiger charge is 2.38. The van der Waals surface area contributed by atoms with E-state index in [4.69, 9.17) is 9.26 Å². The lowest BCUT2D eigenvalue weighted by Crippen LogP contribution is -2.58. The molecule has 0 bridgehead atoms. The van der Waals surface area contributed by atoms with Crippen molar-refractivity contribution in [1.29, 1.82) is 0 Å². The van der Waals surface area contributed by atoms with Crippen LogP contribution in [0.5, 0.6) is 0 Å². The zero-order chi connectivity index (χ0) is 22.8. The van der Waals surface area contributed by atoms with Gasteiger partial charge >= 0.3 is 0 Å². The number of amides is 1. The molecule has 0 saturated carbocycles. The van der Waals surface area contributed by atoms with Crippen LogP contribution in [-0.2, 0) is 9.53 Å². The maximum Gasteiger partial charge on any atom is 0.240 e. The van der Waals surface area contributed by atoms with Crippen molar-refractivity contribution in [3.63, 3.8) is 0 Å². The van der Waals surface area contributed by atoms with Crippen LogP contribution in [0.25, 0.3) is 11.4 Å². The van der Waals surface area contributed by atoms with E-state index in [1.165, 1.54) is 12.1 Å². The van der Waals surface area contributed by atoms with Crippen LogP contribution < -0.4 is 0 Å². The van der Waals surface area contributed by atoms with Crippen molar-refractivity contribution in [2.75, 3.05) is 26.2 Å². The summed E-state index contributed by atoms with van der Waals surface area (Å²) in [5.41, 5.74) is 0.583. The van der Waals surface area contributed by atoms with Gasteiger partial charge in [-0.3, -0.25) is 9.69 Å². The number of hydrogen-bond donors (Lipinski definition) is 0. The number of ether oxygens (including phenoxy) is 1. The first kappa shape index (κ1) is 22.9. The zero-order valence-corrected chi connectivity index (χ0v) is 19.3. The average molecular weight is 445 g/mol. The predicted molar refractivity (Wildman–Crippen MR) is 118 cm³/mol. The lowest BCUT2D eigenvalue weighted by molar-refractivity contribution is -0.146. The topological polar surface area (TPSA) is 71.7 Å². The Morgan fingerprint density at radius 2 is 1.94 bits per heavy atom.